The molecule has 0 saturated heterocycles. The predicted octanol–water partition coefficient (Wildman–Crippen LogP) is 7.82. The standard InChI is InChI=1S/C30H24/c1-21-12-16-23(17-13-21)28-20-26-10-6-7-11-27(26)30(28)29(24-8-4-3-5-9-24)25-18-14-22(2)15-19-25/h3-20H,1-2H3/b30-29+. The molecule has 0 bridgehead atoms. The van der Waals surface area contributed by atoms with Gasteiger partial charge in [-0.1, -0.05) is 114 Å². The molecular formula is C30H24. The first kappa shape index (κ1) is 18.4. The molecule has 5 rings (SSSR count). The zero-order chi connectivity index (χ0) is 20.5. The van der Waals surface area contributed by atoms with E-state index >= 15 is 0 Å². The van der Waals surface area contributed by atoms with Crippen LogP contribution in [-0.2, 0) is 0 Å². The first-order valence-corrected chi connectivity index (χ1v) is 10.5. The van der Waals surface area contributed by atoms with Crippen LogP contribution in [0.3, 0.4) is 0 Å². The van der Waals surface area contributed by atoms with Gasteiger partial charge in [-0.05, 0) is 64.5 Å². The summed E-state index contributed by atoms with van der Waals surface area (Å²) >= 11 is 0. The van der Waals surface area contributed by atoms with E-state index in [4.69, 9.17) is 0 Å². The van der Waals surface area contributed by atoms with Crippen LogP contribution in [0.2, 0.25) is 0 Å². The van der Waals surface area contributed by atoms with Crippen molar-refractivity contribution >= 4 is 22.8 Å². The Morgan fingerprint density at radius 1 is 0.533 bits per heavy atom. The largest absolute Gasteiger partial charge is 0.0622 e. The summed E-state index contributed by atoms with van der Waals surface area (Å²) in [6, 6.07) is 37.3. The molecule has 0 saturated carbocycles. The van der Waals surface area contributed by atoms with Gasteiger partial charge in [0.25, 0.3) is 0 Å². The number of rotatable bonds is 3. The van der Waals surface area contributed by atoms with Crippen LogP contribution in [0.1, 0.15) is 38.9 Å². The smallest absolute Gasteiger partial charge is 0.00146 e. The van der Waals surface area contributed by atoms with Gasteiger partial charge in [0, 0.05) is 0 Å². The lowest BCUT2D eigenvalue weighted by Crippen LogP contribution is -1.96. The first-order chi connectivity index (χ1) is 14.7. The SMILES string of the molecule is Cc1ccc(C2=Cc3ccccc3/C2=C(/c2ccccc2)c2ccc(C)cc2)cc1. The van der Waals surface area contributed by atoms with Gasteiger partial charge in [-0.15, -0.1) is 0 Å². The van der Waals surface area contributed by atoms with Crippen LogP contribution in [0.15, 0.2) is 103 Å². The van der Waals surface area contributed by atoms with Crippen molar-refractivity contribution < 1.29 is 0 Å². The lowest BCUT2D eigenvalue weighted by Gasteiger charge is -2.18. The average molecular weight is 385 g/mol. The second kappa shape index (κ2) is 7.65. The van der Waals surface area contributed by atoms with E-state index in [2.05, 4.69) is 123 Å². The second-order valence-electron chi connectivity index (χ2n) is 7.99. The predicted molar refractivity (Wildman–Crippen MR) is 129 cm³/mol. The summed E-state index contributed by atoms with van der Waals surface area (Å²) in [5, 5.41) is 0. The molecular weight excluding hydrogens is 360 g/mol. The molecule has 0 heterocycles. The Morgan fingerprint density at radius 2 is 1.10 bits per heavy atom. The fourth-order valence-electron chi connectivity index (χ4n) is 4.23. The van der Waals surface area contributed by atoms with Gasteiger partial charge in [0.15, 0.2) is 0 Å². The maximum Gasteiger partial charge on any atom is -0.00146 e. The molecule has 0 aliphatic heterocycles. The molecule has 0 aromatic heterocycles. The molecule has 0 heteroatoms. The van der Waals surface area contributed by atoms with Crippen LogP contribution in [0, 0.1) is 13.8 Å². The third-order valence-corrected chi connectivity index (χ3v) is 5.81. The van der Waals surface area contributed by atoms with Crippen LogP contribution in [0.25, 0.3) is 22.8 Å². The van der Waals surface area contributed by atoms with Gasteiger partial charge in [-0.2, -0.15) is 0 Å². The van der Waals surface area contributed by atoms with Gasteiger partial charge in [0.1, 0.15) is 0 Å². The maximum atomic E-state index is 2.34. The Kier molecular flexibility index (Phi) is 4.69. The van der Waals surface area contributed by atoms with Crippen molar-refractivity contribution in [2.45, 2.75) is 13.8 Å². The van der Waals surface area contributed by atoms with Gasteiger partial charge in [-0.25, -0.2) is 0 Å². The molecule has 0 nitrogen and oxygen atoms in total. The van der Waals surface area contributed by atoms with Gasteiger partial charge >= 0.3 is 0 Å². The third kappa shape index (κ3) is 3.31. The highest BCUT2D eigenvalue weighted by molar-refractivity contribution is 6.25. The van der Waals surface area contributed by atoms with E-state index < -0.39 is 0 Å². The van der Waals surface area contributed by atoms with Crippen LogP contribution >= 0.6 is 0 Å². The summed E-state index contributed by atoms with van der Waals surface area (Å²) in [7, 11) is 0. The summed E-state index contributed by atoms with van der Waals surface area (Å²) < 4.78 is 0. The Morgan fingerprint density at radius 3 is 1.80 bits per heavy atom. The number of allylic oxidation sites excluding steroid dienone is 2. The number of fused-ring (bicyclic) bond motifs is 1. The topological polar surface area (TPSA) is 0 Å². The minimum atomic E-state index is 1.24. The highest BCUT2D eigenvalue weighted by atomic mass is 14.3. The molecule has 1 aliphatic rings. The maximum absolute atomic E-state index is 2.34. The number of aryl methyl sites for hydroxylation is 2. The quantitative estimate of drug-likeness (QED) is 0.338. The first-order valence-electron chi connectivity index (χ1n) is 10.5. The molecule has 144 valence electrons. The van der Waals surface area contributed by atoms with Crippen molar-refractivity contribution in [3.63, 3.8) is 0 Å². The van der Waals surface area contributed by atoms with E-state index in [1.807, 2.05) is 0 Å². The van der Waals surface area contributed by atoms with E-state index in [0.717, 1.165) is 0 Å². The fourth-order valence-corrected chi connectivity index (χ4v) is 4.23. The van der Waals surface area contributed by atoms with E-state index in [0.29, 0.717) is 0 Å². The number of benzene rings is 4. The van der Waals surface area contributed by atoms with Crippen LogP contribution in [-0.4, -0.2) is 0 Å². The van der Waals surface area contributed by atoms with Crippen molar-refractivity contribution in [2.24, 2.45) is 0 Å². The Bertz CT molecular complexity index is 1250. The number of hydrogen-bond acceptors (Lipinski definition) is 0. The molecule has 4 aromatic rings. The van der Waals surface area contributed by atoms with Crippen LogP contribution < -0.4 is 0 Å². The normalized spacial score (nSPS) is 14.3. The van der Waals surface area contributed by atoms with E-state index in [9.17, 15) is 0 Å². The Labute approximate surface area is 178 Å². The third-order valence-electron chi connectivity index (χ3n) is 5.81. The van der Waals surface area contributed by atoms with Crippen molar-refractivity contribution in [1.29, 1.82) is 0 Å². The average Bonchev–Trinajstić information content (AvgIpc) is 3.16. The minimum absolute atomic E-state index is 1.24. The molecule has 0 atom stereocenters. The van der Waals surface area contributed by atoms with Gasteiger partial charge in [0.05, 0.1) is 0 Å². The van der Waals surface area contributed by atoms with Crippen LogP contribution in [0.4, 0.5) is 0 Å². The molecule has 0 amide bonds. The van der Waals surface area contributed by atoms with Crippen molar-refractivity contribution in [1.82, 2.24) is 0 Å². The van der Waals surface area contributed by atoms with E-state index in [-0.39, 0.29) is 0 Å². The number of hydrogen-bond donors (Lipinski definition) is 0. The summed E-state index contributed by atoms with van der Waals surface area (Å²) in [6.07, 6.45) is 2.34. The van der Waals surface area contributed by atoms with Crippen molar-refractivity contribution in [3.05, 3.63) is 142 Å². The molecule has 0 radical (unpaired) electrons. The van der Waals surface area contributed by atoms with E-state index in [1.165, 1.54) is 55.7 Å². The molecule has 0 fully saturated rings. The highest BCUT2D eigenvalue weighted by Gasteiger charge is 2.24. The highest BCUT2D eigenvalue weighted by Crippen LogP contribution is 2.47. The zero-order valence-corrected chi connectivity index (χ0v) is 17.4. The molecule has 4 aromatic carbocycles. The Balaban J connectivity index is 1.84. The summed E-state index contributed by atoms with van der Waals surface area (Å²) in [5.74, 6) is 0. The van der Waals surface area contributed by atoms with Gasteiger partial charge < -0.3 is 0 Å². The molecule has 1 aliphatic carbocycles. The minimum Gasteiger partial charge on any atom is -0.0622 e. The van der Waals surface area contributed by atoms with Crippen molar-refractivity contribution in [3.8, 4) is 0 Å². The summed E-state index contributed by atoms with van der Waals surface area (Å²) in [4.78, 5) is 0. The summed E-state index contributed by atoms with van der Waals surface area (Å²) in [6.45, 7) is 4.28. The molecule has 0 N–H and O–H groups in total. The monoisotopic (exact) mass is 384 g/mol. The lowest BCUT2D eigenvalue weighted by molar-refractivity contribution is 1.44. The van der Waals surface area contributed by atoms with Crippen LogP contribution in [0.5, 0.6) is 0 Å². The molecule has 0 unspecified atom stereocenters. The zero-order valence-electron chi connectivity index (χ0n) is 17.4. The van der Waals surface area contributed by atoms with E-state index in [1.54, 1.807) is 0 Å². The molecule has 30 heavy (non-hydrogen) atoms. The van der Waals surface area contributed by atoms with Gasteiger partial charge in [0.2, 0.25) is 0 Å². The summed E-state index contributed by atoms with van der Waals surface area (Å²) in [5.41, 5.74) is 12.8. The second-order valence-corrected chi connectivity index (χ2v) is 7.99. The molecule has 0 spiro atoms. The fraction of sp³-hybridized carbons (Fsp3) is 0.0667. The lowest BCUT2D eigenvalue weighted by atomic mass is 9.85. The Hall–Kier alpha value is -3.64. The van der Waals surface area contributed by atoms with Gasteiger partial charge in [-0.3, -0.25) is 0 Å². The van der Waals surface area contributed by atoms with Crippen molar-refractivity contribution in [2.75, 3.05) is 0 Å².